The summed E-state index contributed by atoms with van der Waals surface area (Å²) in [6.45, 7) is 3.89. The molecule has 0 bridgehead atoms. The van der Waals surface area contributed by atoms with Crippen LogP contribution in [0.2, 0.25) is 0 Å². The zero-order valence-corrected chi connectivity index (χ0v) is 12.0. The van der Waals surface area contributed by atoms with Gasteiger partial charge in [0.2, 0.25) is 0 Å². The van der Waals surface area contributed by atoms with Gasteiger partial charge < -0.3 is 14.5 Å². The van der Waals surface area contributed by atoms with Crippen LogP contribution in [0.4, 0.5) is 0 Å². The number of ether oxygens (including phenoxy) is 2. The van der Waals surface area contributed by atoms with E-state index in [0.717, 1.165) is 5.56 Å². The Kier molecular flexibility index (Phi) is 4.77. The van der Waals surface area contributed by atoms with Gasteiger partial charge in [0.15, 0.2) is 0 Å². The van der Waals surface area contributed by atoms with Gasteiger partial charge in [-0.05, 0) is 25.0 Å². The standard InChI is InChI=1S/C16H17NO4/c1-3-20-15(18)13-9-17-14(11(13)2)16(19)21-10-12-7-5-4-6-8-12/h4-9,17H,3,10H2,1-2H3. The van der Waals surface area contributed by atoms with Crippen molar-refractivity contribution in [2.45, 2.75) is 20.5 Å². The van der Waals surface area contributed by atoms with Gasteiger partial charge in [0, 0.05) is 6.20 Å². The average Bonchev–Trinajstić information content (AvgIpc) is 2.88. The lowest BCUT2D eigenvalue weighted by atomic mass is 10.1. The number of rotatable bonds is 5. The molecule has 2 aromatic rings. The second-order valence-corrected chi connectivity index (χ2v) is 4.48. The summed E-state index contributed by atoms with van der Waals surface area (Å²) in [6.07, 6.45) is 1.46. The van der Waals surface area contributed by atoms with Crippen LogP contribution in [0.1, 0.15) is 38.9 Å². The van der Waals surface area contributed by atoms with Crippen LogP contribution in [-0.4, -0.2) is 23.5 Å². The number of aromatic amines is 1. The minimum atomic E-state index is -0.494. The lowest BCUT2D eigenvalue weighted by molar-refractivity contribution is 0.0465. The smallest absolute Gasteiger partial charge is 0.355 e. The molecule has 0 atom stereocenters. The summed E-state index contributed by atoms with van der Waals surface area (Å²) in [7, 11) is 0. The van der Waals surface area contributed by atoms with Gasteiger partial charge in [-0.2, -0.15) is 0 Å². The number of hydrogen-bond acceptors (Lipinski definition) is 4. The van der Waals surface area contributed by atoms with Crippen LogP contribution in [0.3, 0.4) is 0 Å². The van der Waals surface area contributed by atoms with Crippen molar-refractivity contribution in [1.82, 2.24) is 4.98 Å². The number of nitrogens with one attached hydrogen (secondary N) is 1. The number of esters is 2. The Morgan fingerprint density at radius 2 is 1.81 bits per heavy atom. The summed E-state index contributed by atoms with van der Waals surface area (Å²) < 4.78 is 10.1. The quantitative estimate of drug-likeness (QED) is 0.859. The molecule has 0 aliphatic carbocycles. The van der Waals surface area contributed by atoms with Crippen LogP contribution in [0.15, 0.2) is 36.5 Å². The van der Waals surface area contributed by atoms with Gasteiger partial charge in [0.25, 0.3) is 0 Å². The SMILES string of the molecule is CCOC(=O)c1c[nH]c(C(=O)OCc2ccccc2)c1C. The summed E-state index contributed by atoms with van der Waals surface area (Å²) in [5, 5.41) is 0. The zero-order valence-electron chi connectivity index (χ0n) is 12.0. The van der Waals surface area contributed by atoms with Crippen molar-refractivity contribution in [3.05, 3.63) is 58.9 Å². The second-order valence-electron chi connectivity index (χ2n) is 4.48. The normalized spacial score (nSPS) is 10.2. The molecule has 0 radical (unpaired) electrons. The van der Waals surface area contributed by atoms with E-state index in [1.165, 1.54) is 6.20 Å². The van der Waals surface area contributed by atoms with E-state index in [9.17, 15) is 9.59 Å². The lowest BCUT2D eigenvalue weighted by Gasteiger charge is -2.05. The van der Waals surface area contributed by atoms with Crippen LogP contribution in [0.5, 0.6) is 0 Å². The van der Waals surface area contributed by atoms with Crippen molar-refractivity contribution in [2.24, 2.45) is 0 Å². The molecule has 5 nitrogen and oxygen atoms in total. The average molecular weight is 287 g/mol. The Balaban J connectivity index is 2.05. The third-order valence-electron chi connectivity index (χ3n) is 3.05. The summed E-state index contributed by atoms with van der Waals surface area (Å²) in [5.41, 5.74) is 2.06. The van der Waals surface area contributed by atoms with E-state index in [2.05, 4.69) is 4.98 Å². The highest BCUT2D eigenvalue weighted by Gasteiger charge is 2.20. The number of carbonyl (C=O) groups excluding carboxylic acids is 2. The number of benzene rings is 1. The summed E-state index contributed by atoms with van der Waals surface area (Å²) in [5.74, 6) is -0.944. The van der Waals surface area contributed by atoms with Gasteiger partial charge in [0.1, 0.15) is 12.3 Å². The summed E-state index contributed by atoms with van der Waals surface area (Å²) >= 11 is 0. The van der Waals surface area contributed by atoms with Gasteiger partial charge in [-0.25, -0.2) is 9.59 Å². The maximum absolute atomic E-state index is 12.0. The molecule has 110 valence electrons. The van der Waals surface area contributed by atoms with Crippen molar-refractivity contribution in [1.29, 1.82) is 0 Å². The minimum Gasteiger partial charge on any atom is -0.462 e. The summed E-state index contributed by atoms with van der Waals surface area (Å²) in [6, 6.07) is 9.40. The maximum Gasteiger partial charge on any atom is 0.355 e. The van der Waals surface area contributed by atoms with Crippen LogP contribution < -0.4 is 0 Å². The topological polar surface area (TPSA) is 68.4 Å². The molecule has 1 N–H and O–H groups in total. The van der Waals surface area contributed by atoms with Crippen LogP contribution >= 0.6 is 0 Å². The molecule has 0 saturated heterocycles. The fourth-order valence-electron chi connectivity index (χ4n) is 1.92. The Labute approximate surface area is 122 Å². The number of hydrogen-bond donors (Lipinski definition) is 1. The number of aromatic nitrogens is 1. The van der Waals surface area contributed by atoms with E-state index in [1.54, 1.807) is 13.8 Å². The molecule has 0 aliphatic heterocycles. The van der Waals surface area contributed by atoms with Crippen LogP contribution in [-0.2, 0) is 16.1 Å². The van der Waals surface area contributed by atoms with E-state index < -0.39 is 11.9 Å². The van der Waals surface area contributed by atoms with E-state index in [-0.39, 0.29) is 18.9 Å². The molecule has 1 aromatic heterocycles. The predicted molar refractivity (Wildman–Crippen MR) is 77.0 cm³/mol. The largest absolute Gasteiger partial charge is 0.462 e. The van der Waals surface area contributed by atoms with E-state index in [1.807, 2.05) is 30.3 Å². The molecule has 1 aromatic carbocycles. The highest BCUT2D eigenvalue weighted by atomic mass is 16.5. The molecule has 0 unspecified atom stereocenters. The third kappa shape index (κ3) is 3.51. The lowest BCUT2D eigenvalue weighted by Crippen LogP contribution is -2.09. The van der Waals surface area contributed by atoms with E-state index >= 15 is 0 Å². The van der Waals surface area contributed by atoms with Crippen molar-refractivity contribution < 1.29 is 19.1 Å². The predicted octanol–water partition coefficient (Wildman–Crippen LogP) is 2.86. The molecule has 0 saturated carbocycles. The fourth-order valence-corrected chi connectivity index (χ4v) is 1.92. The molecule has 0 amide bonds. The first-order valence-electron chi connectivity index (χ1n) is 6.69. The van der Waals surface area contributed by atoms with Crippen molar-refractivity contribution in [3.63, 3.8) is 0 Å². The fraction of sp³-hybridized carbons (Fsp3) is 0.250. The molecule has 0 spiro atoms. The Hall–Kier alpha value is -2.56. The zero-order chi connectivity index (χ0) is 15.2. The number of H-pyrrole nitrogens is 1. The Bertz CT molecular complexity index is 631. The first-order chi connectivity index (χ1) is 10.1. The second kappa shape index (κ2) is 6.74. The number of carbonyl (C=O) groups is 2. The van der Waals surface area contributed by atoms with Crippen molar-refractivity contribution in [3.8, 4) is 0 Å². The highest BCUT2D eigenvalue weighted by Crippen LogP contribution is 2.16. The van der Waals surface area contributed by atoms with E-state index in [0.29, 0.717) is 11.1 Å². The van der Waals surface area contributed by atoms with Crippen LogP contribution in [0, 0.1) is 6.92 Å². The van der Waals surface area contributed by atoms with Gasteiger partial charge in [-0.15, -0.1) is 0 Å². The van der Waals surface area contributed by atoms with Gasteiger partial charge in [-0.1, -0.05) is 30.3 Å². The molecule has 0 fully saturated rings. The molecular formula is C16H17NO4. The molecule has 5 heteroatoms. The van der Waals surface area contributed by atoms with Gasteiger partial charge >= 0.3 is 11.9 Å². The monoisotopic (exact) mass is 287 g/mol. The first-order valence-corrected chi connectivity index (χ1v) is 6.69. The van der Waals surface area contributed by atoms with Crippen molar-refractivity contribution in [2.75, 3.05) is 6.61 Å². The molecule has 0 aliphatic rings. The third-order valence-corrected chi connectivity index (χ3v) is 3.05. The van der Waals surface area contributed by atoms with Crippen LogP contribution in [0.25, 0.3) is 0 Å². The Morgan fingerprint density at radius 3 is 2.48 bits per heavy atom. The Morgan fingerprint density at radius 1 is 1.10 bits per heavy atom. The molecular weight excluding hydrogens is 270 g/mol. The summed E-state index contributed by atoms with van der Waals surface area (Å²) in [4.78, 5) is 26.5. The molecule has 21 heavy (non-hydrogen) atoms. The molecule has 2 rings (SSSR count). The highest BCUT2D eigenvalue weighted by molar-refractivity contribution is 5.97. The van der Waals surface area contributed by atoms with Gasteiger partial charge in [-0.3, -0.25) is 0 Å². The van der Waals surface area contributed by atoms with Gasteiger partial charge in [0.05, 0.1) is 12.2 Å². The van der Waals surface area contributed by atoms with E-state index in [4.69, 9.17) is 9.47 Å². The first kappa shape index (κ1) is 14.8. The van der Waals surface area contributed by atoms with Crippen molar-refractivity contribution >= 4 is 11.9 Å². The maximum atomic E-state index is 12.0. The minimum absolute atomic E-state index is 0.187. The molecule has 1 heterocycles.